The van der Waals surface area contributed by atoms with Crippen molar-refractivity contribution in [1.82, 2.24) is 0 Å². The van der Waals surface area contributed by atoms with Crippen molar-refractivity contribution in [3.8, 4) is 0 Å². The first-order valence-electron chi connectivity index (χ1n) is 2.31. The number of hydrogen-bond donors (Lipinski definition) is 2. The van der Waals surface area contributed by atoms with Crippen molar-refractivity contribution in [2.45, 2.75) is 6.92 Å². The van der Waals surface area contributed by atoms with E-state index in [1.807, 2.05) is 0 Å². The molecule has 0 atom stereocenters. The van der Waals surface area contributed by atoms with Gasteiger partial charge in [0.05, 0.1) is 0 Å². The first-order valence-corrected chi connectivity index (χ1v) is 2.31. The molecule has 0 bridgehead atoms. The molecule has 0 aromatic carbocycles. The Morgan fingerprint density at radius 1 is 1.33 bits per heavy atom. The van der Waals surface area contributed by atoms with Crippen molar-refractivity contribution in [3.63, 3.8) is 0 Å². The Labute approximate surface area is 52.5 Å². The van der Waals surface area contributed by atoms with Gasteiger partial charge in [-0.2, -0.15) is 0 Å². The summed E-state index contributed by atoms with van der Waals surface area (Å²) in [7, 11) is 0. The van der Waals surface area contributed by atoms with Crippen LogP contribution in [0.15, 0.2) is 11.6 Å². The molecule has 0 rings (SSSR count). The minimum absolute atomic E-state index is 0.169. The van der Waals surface area contributed by atoms with Crippen molar-refractivity contribution < 1.29 is 9.59 Å². The van der Waals surface area contributed by atoms with Crippen LogP contribution < -0.4 is 11.5 Å². The number of amides is 2. The molecule has 0 saturated heterocycles. The van der Waals surface area contributed by atoms with E-state index in [1.54, 1.807) is 0 Å². The quantitative estimate of drug-likeness (QED) is 0.462. The summed E-state index contributed by atoms with van der Waals surface area (Å²) in [4.78, 5) is 20.2. The number of carbonyl (C=O) groups is 2. The van der Waals surface area contributed by atoms with Crippen LogP contribution >= 0.6 is 0 Å². The molecule has 0 radical (unpaired) electrons. The molecular weight excluding hydrogens is 120 g/mol. The SMILES string of the molecule is C/C(=C/C(N)=O)C(N)=O. The Morgan fingerprint density at radius 3 is 1.89 bits per heavy atom. The van der Waals surface area contributed by atoms with E-state index >= 15 is 0 Å². The van der Waals surface area contributed by atoms with Crippen LogP contribution in [0.3, 0.4) is 0 Å². The van der Waals surface area contributed by atoms with Crippen LogP contribution in [-0.4, -0.2) is 11.8 Å². The summed E-state index contributed by atoms with van der Waals surface area (Å²) in [5.74, 6) is -1.29. The van der Waals surface area contributed by atoms with Crippen molar-refractivity contribution >= 4 is 11.8 Å². The van der Waals surface area contributed by atoms with Crippen LogP contribution in [-0.2, 0) is 9.59 Å². The highest BCUT2D eigenvalue weighted by molar-refractivity contribution is 5.99. The summed E-state index contributed by atoms with van der Waals surface area (Å²) >= 11 is 0. The monoisotopic (exact) mass is 128 g/mol. The van der Waals surface area contributed by atoms with Crippen LogP contribution in [0.4, 0.5) is 0 Å². The van der Waals surface area contributed by atoms with E-state index in [9.17, 15) is 9.59 Å². The second-order valence-electron chi connectivity index (χ2n) is 1.59. The second-order valence-corrected chi connectivity index (χ2v) is 1.59. The average molecular weight is 128 g/mol. The molecule has 0 aliphatic heterocycles. The van der Waals surface area contributed by atoms with Gasteiger partial charge >= 0.3 is 0 Å². The molecule has 9 heavy (non-hydrogen) atoms. The number of primary amides is 2. The second kappa shape index (κ2) is 2.86. The Kier molecular flexibility index (Phi) is 2.44. The lowest BCUT2D eigenvalue weighted by atomic mass is 10.3. The molecule has 0 unspecified atom stereocenters. The predicted molar refractivity (Wildman–Crippen MR) is 32.1 cm³/mol. The van der Waals surface area contributed by atoms with Gasteiger partial charge in [-0.3, -0.25) is 9.59 Å². The molecule has 0 aromatic heterocycles. The van der Waals surface area contributed by atoms with Crippen molar-refractivity contribution in [2.75, 3.05) is 0 Å². The van der Waals surface area contributed by atoms with Gasteiger partial charge < -0.3 is 11.5 Å². The number of hydrogen-bond acceptors (Lipinski definition) is 2. The first kappa shape index (κ1) is 7.68. The Hall–Kier alpha value is -1.32. The highest BCUT2D eigenvalue weighted by Gasteiger charge is 1.96. The van der Waals surface area contributed by atoms with Gasteiger partial charge in [0.2, 0.25) is 11.8 Å². The van der Waals surface area contributed by atoms with Gasteiger partial charge in [-0.05, 0) is 6.92 Å². The maximum absolute atomic E-state index is 10.2. The fourth-order valence-corrected chi connectivity index (χ4v) is 0.285. The average Bonchev–Trinajstić information content (AvgIpc) is 1.63. The maximum Gasteiger partial charge on any atom is 0.244 e. The van der Waals surface area contributed by atoms with Gasteiger partial charge in [0.15, 0.2) is 0 Å². The van der Waals surface area contributed by atoms with E-state index in [0.29, 0.717) is 0 Å². The highest BCUT2D eigenvalue weighted by Crippen LogP contribution is 1.86. The lowest BCUT2D eigenvalue weighted by Crippen LogP contribution is -2.15. The fraction of sp³-hybridized carbons (Fsp3) is 0.200. The molecule has 0 aliphatic rings. The third-order valence-corrected chi connectivity index (χ3v) is 0.747. The third kappa shape index (κ3) is 3.28. The largest absolute Gasteiger partial charge is 0.366 e. The molecule has 0 aliphatic carbocycles. The van der Waals surface area contributed by atoms with E-state index in [2.05, 4.69) is 0 Å². The standard InChI is InChI=1S/C5H8N2O2/c1-3(5(7)9)2-4(6)8/h2H,1H3,(H2,6,8)(H2,7,9)/b3-2-. The molecule has 4 nitrogen and oxygen atoms in total. The van der Waals surface area contributed by atoms with Gasteiger partial charge in [0.1, 0.15) is 0 Å². The number of rotatable bonds is 2. The van der Waals surface area contributed by atoms with Gasteiger partial charge in [0.25, 0.3) is 0 Å². The predicted octanol–water partition coefficient (Wildman–Crippen LogP) is -1.10. The summed E-state index contributed by atoms with van der Waals surface area (Å²) in [6, 6.07) is 0. The summed E-state index contributed by atoms with van der Waals surface area (Å²) in [6.45, 7) is 1.42. The first-order chi connectivity index (χ1) is 4.04. The van der Waals surface area contributed by atoms with E-state index in [-0.39, 0.29) is 5.57 Å². The van der Waals surface area contributed by atoms with Crippen molar-refractivity contribution in [1.29, 1.82) is 0 Å². The maximum atomic E-state index is 10.2. The third-order valence-electron chi connectivity index (χ3n) is 0.747. The molecule has 2 amide bonds. The van der Waals surface area contributed by atoms with Gasteiger partial charge in [0, 0.05) is 11.6 Å². The molecule has 50 valence electrons. The van der Waals surface area contributed by atoms with Crippen LogP contribution in [0.2, 0.25) is 0 Å². The van der Waals surface area contributed by atoms with E-state index < -0.39 is 11.8 Å². The zero-order valence-corrected chi connectivity index (χ0v) is 5.05. The Bertz CT molecular complexity index is 172. The molecule has 0 aromatic rings. The van der Waals surface area contributed by atoms with Gasteiger partial charge in [-0.15, -0.1) is 0 Å². The van der Waals surface area contributed by atoms with Crippen LogP contribution in [0.25, 0.3) is 0 Å². The smallest absolute Gasteiger partial charge is 0.244 e. The molecule has 0 heterocycles. The van der Waals surface area contributed by atoms with Crippen molar-refractivity contribution in [2.24, 2.45) is 11.5 Å². The number of nitrogens with two attached hydrogens (primary N) is 2. The topological polar surface area (TPSA) is 86.2 Å². The van der Waals surface area contributed by atoms with Gasteiger partial charge in [-0.1, -0.05) is 0 Å². The minimum Gasteiger partial charge on any atom is -0.366 e. The summed E-state index contributed by atoms with van der Waals surface area (Å²) in [5, 5.41) is 0. The Balaban J connectivity index is 4.17. The lowest BCUT2D eigenvalue weighted by Gasteiger charge is -1.88. The molecule has 0 spiro atoms. The number of carbonyl (C=O) groups excluding carboxylic acids is 2. The lowest BCUT2D eigenvalue weighted by molar-refractivity contribution is -0.116. The fourth-order valence-electron chi connectivity index (χ4n) is 0.285. The summed E-state index contributed by atoms with van der Waals surface area (Å²) in [5.41, 5.74) is 9.65. The summed E-state index contributed by atoms with van der Waals surface area (Å²) < 4.78 is 0. The molecule has 0 saturated carbocycles. The zero-order valence-electron chi connectivity index (χ0n) is 5.05. The Morgan fingerprint density at radius 2 is 1.78 bits per heavy atom. The van der Waals surface area contributed by atoms with Crippen LogP contribution in [0.5, 0.6) is 0 Å². The molecule has 4 heteroatoms. The highest BCUT2D eigenvalue weighted by atomic mass is 16.1. The summed E-state index contributed by atoms with van der Waals surface area (Å²) in [6.07, 6.45) is 0.988. The van der Waals surface area contributed by atoms with Gasteiger partial charge in [-0.25, -0.2) is 0 Å². The van der Waals surface area contributed by atoms with E-state index in [0.717, 1.165) is 6.08 Å². The van der Waals surface area contributed by atoms with Crippen molar-refractivity contribution in [3.05, 3.63) is 11.6 Å². The zero-order chi connectivity index (χ0) is 7.44. The normalized spacial score (nSPS) is 11.0. The van der Waals surface area contributed by atoms with Crippen LogP contribution in [0.1, 0.15) is 6.92 Å². The van der Waals surface area contributed by atoms with E-state index in [1.165, 1.54) is 6.92 Å². The van der Waals surface area contributed by atoms with Crippen LogP contribution in [0, 0.1) is 0 Å². The van der Waals surface area contributed by atoms with E-state index in [4.69, 9.17) is 11.5 Å². The molecule has 0 fully saturated rings. The molecular formula is C5H8N2O2. The minimum atomic E-state index is -0.661. The molecule has 4 N–H and O–H groups in total.